The van der Waals surface area contributed by atoms with Crippen LogP contribution >= 0.6 is 0 Å². The number of anilines is 1. The fourth-order valence-corrected chi connectivity index (χ4v) is 2.63. The molecule has 132 valence electrons. The summed E-state index contributed by atoms with van der Waals surface area (Å²) >= 11 is 0. The van der Waals surface area contributed by atoms with E-state index in [4.69, 9.17) is 10.5 Å². The molecule has 0 aliphatic carbocycles. The minimum absolute atomic E-state index is 0.0824. The third-order valence-electron chi connectivity index (χ3n) is 3.88. The van der Waals surface area contributed by atoms with Gasteiger partial charge in [-0.2, -0.15) is 0 Å². The van der Waals surface area contributed by atoms with E-state index in [9.17, 15) is 18.4 Å². The minimum Gasteiger partial charge on any atom is -0.495 e. The number of para-hydroxylation sites is 2. The van der Waals surface area contributed by atoms with E-state index in [1.807, 2.05) is 0 Å². The number of rotatable bonds is 4. The summed E-state index contributed by atoms with van der Waals surface area (Å²) in [7, 11) is 1.43. The first-order chi connectivity index (χ1) is 12.4. The molecule has 26 heavy (non-hydrogen) atoms. The molecule has 7 heteroatoms. The first-order valence-corrected chi connectivity index (χ1v) is 7.58. The van der Waals surface area contributed by atoms with E-state index in [1.54, 1.807) is 24.3 Å². The molecule has 0 aliphatic heterocycles. The van der Waals surface area contributed by atoms with Crippen LogP contribution in [0.3, 0.4) is 0 Å². The zero-order valence-corrected chi connectivity index (χ0v) is 13.7. The van der Waals surface area contributed by atoms with Crippen molar-refractivity contribution in [2.45, 2.75) is 0 Å². The Labute approximate surface area is 147 Å². The van der Waals surface area contributed by atoms with Crippen LogP contribution in [0.25, 0.3) is 5.69 Å². The number of methoxy groups -OCH3 is 1. The van der Waals surface area contributed by atoms with Gasteiger partial charge in [0.2, 0.25) is 0 Å². The Morgan fingerprint density at radius 1 is 1.04 bits per heavy atom. The maximum Gasteiger partial charge on any atom is 0.256 e. The summed E-state index contributed by atoms with van der Waals surface area (Å²) in [4.78, 5) is 25.0. The summed E-state index contributed by atoms with van der Waals surface area (Å²) in [6.07, 6.45) is 0. The zero-order chi connectivity index (χ0) is 18.8. The number of benzene rings is 2. The van der Waals surface area contributed by atoms with Crippen molar-refractivity contribution in [3.8, 4) is 11.4 Å². The molecular formula is C19H14F2N2O3. The number of nitrogen functional groups attached to an aromatic ring is 1. The largest absolute Gasteiger partial charge is 0.495 e. The summed E-state index contributed by atoms with van der Waals surface area (Å²) in [6.45, 7) is 0. The number of halogens is 2. The smallest absolute Gasteiger partial charge is 0.256 e. The Hall–Kier alpha value is -3.48. The molecule has 0 saturated carbocycles. The molecule has 5 nitrogen and oxygen atoms in total. The van der Waals surface area contributed by atoms with Crippen molar-refractivity contribution in [3.05, 3.63) is 87.7 Å². The van der Waals surface area contributed by atoms with Crippen LogP contribution in [-0.4, -0.2) is 17.5 Å². The van der Waals surface area contributed by atoms with Crippen LogP contribution in [0.5, 0.6) is 5.75 Å². The Balaban J connectivity index is 2.20. The van der Waals surface area contributed by atoms with E-state index in [0.717, 1.165) is 22.8 Å². The predicted molar refractivity (Wildman–Crippen MR) is 92.8 cm³/mol. The number of pyridine rings is 1. The molecule has 0 atom stereocenters. The summed E-state index contributed by atoms with van der Waals surface area (Å²) in [5.74, 6) is -2.37. The maximum absolute atomic E-state index is 13.9. The molecule has 0 unspecified atom stereocenters. The first kappa shape index (κ1) is 17.3. The second-order valence-corrected chi connectivity index (χ2v) is 5.43. The highest BCUT2D eigenvalue weighted by molar-refractivity contribution is 6.11. The Morgan fingerprint density at radius 3 is 2.42 bits per heavy atom. The number of ether oxygens (including phenoxy) is 1. The van der Waals surface area contributed by atoms with Gasteiger partial charge < -0.3 is 10.5 Å². The number of nitrogens with two attached hydrogens (primary N) is 1. The number of ketones is 1. The number of hydrogen-bond donors (Lipinski definition) is 1. The average Bonchev–Trinajstić information content (AvgIpc) is 2.62. The highest BCUT2D eigenvalue weighted by atomic mass is 19.1. The monoisotopic (exact) mass is 356 g/mol. The third kappa shape index (κ3) is 2.95. The van der Waals surface area contributed by atoms with Crippen LogP contribution in [0, 0.1) is 11.6 Å². The molecule has 1 aromatic heterocycles. The molecule has 0 amide bonds. The predicted octanol–water partition coefficient (Wildman–Crippen LogP) is 2.94. The van der Waals surface area contributed by atoms with E-state index >= 15 is 0 Å². The van der Waals surface area contributed by atoms with Gasteiger partial charge in [0.25, 0.3) is 5.56 Å². The SMILES string of the molecule is COc1ccccc1-n1c(N)c(C(=O)c2ccc(F)cc2F)ccc1=O. The number of hydrogen-bond acceptors (Lipinski definition) is 4. The molecule has 0 radical (unpaired) electrons. The summed E-state index contributed by atoms with van der Waals surface area (Å²) in [5, 5.41) is 0. The van der Waals surface area contributed by atoms with Crippen LogP contribution in [-0.2, 0) is 0 Å². The fourth-order valence-electron chi connectivity index (χ4n) is 2.63. The molecular weight excluding hydrogens is 342 g/mol. The van der Waals surface area contributed by atoms with E-state index in [-0.39, 0.29) is 16.9 Å². The van der Waals surface area contributed by atoms with Crippen LogP contribution in [0.4, 0.5) is 14.6 Å². The van der Waals surface area contributed by atoms with Crippen molar-refractivity contribution in [2.24, 2.45) is 0 Å². The molecule has 0 bridgehead atoms. The lowest BCUT2D eigenvalue weighted by Gasteiger charge is -2.15. The van der Waals surface area contributed by atoms with E-state index < -0.39 is 23.0 Å². The van der Waals surface area contributed by atoms with E-state index in [2.05, 4.69) is 0 Å². The number of carbonyl (C=O) groups is 1. The summed E-state index contributed by atoms with van der Waals surface area (Å²) in [6, 6.07) is 11.6. The summed E-state index contributed by atoms with van der Waals surface area (Å²) in [5.41, 5.74) is 5.48. The topological polar surface area (TPSA) is 74.3 Å². The van der Waals surface area contributed by atoms with Crippen molar-refractivity contribution < 1.29 is 18.3 Å². The number of carbonyl (C=O) groups excluding carboxylic acids is 1. The van der Waals surface area contributed by atoms with Gasteiger partial charge in [-0.05, 0) is 30.3 Å². The molecule has 2 aromatic carbocycles. The Morgan fingerprint density at radius 2 is 1.73 bits per heavy atom. The van der Waals surface area contributed by atoms with Crippen molar-refractivity contribution >= 4 is 11.6 Å². The van der Waals surface area contributed by atoms with Gasteiger partial charge in [-0.25, -0.2) is 8.78 Å². The number of nitrogens with zero attached hydrogens (tertiary/aromatic N) is 1. The average molecular weight is 356 g/mol. The first-order valence-electron chi connectivity index (χ1n) is 7.58. The third-order valence-corrected chi connectivity index (χ3v) is 3.88. The quantitative estimate of drug-likeness (QED) is 0.730. The lowest BCUT2D eigenvalue weighted by Crippen LogP contribution is -2.24. The highest BCUT2D eigenvalue weighted by Crippen LogP contribution is 2.26. The van der Waals surface area contributed by atoms with Crippen LogP contribution in [0.15, 0.2) is 59.4 Å². The molecule has 1 heterocycles. The molecule has 0 saturated heterocycles. The highest BCUT2D eigenvalue weighted by Gasteiger charge is 2.21. The Kier molecular flexibility index (Phi) is 4.53. The lowest BCUT2D eigenvalue weighted by atomic mass is 10.0. The zero-order valence-electron chi connectivity index (χ0n) is 13.7. The van der Waals surface area contributed by atoms with Gasteiger partial charge in [0.1, 0.15) is 23.2 Å². The molecule has 0 aliphatic rings. The molecule has 3 aromatic rings. The normalized spacial score (nSPS) is 10.6. The van der Waals surface area contributed by atoms with Gasteiger partial charge in [0.05, 0.1) is 23.9 Å². The standard InChI is InChI=1S/C19H14F2N2O3/c1-26-16-5-3-2-4-15(16)23-17(24)9-8-13(19(23)22)18(25)12-7-6-11(20)10-14(12)21/h2-10H,22H2,1H3. The minimum atomic E-state index is -1.01. The maximum atomic E-state index is 13.9. The molecule has 3 rings (SSSR count). The summed E-state index contributed by atoms with van der Waals surface area (Å²) < 4.78 is 33.4. The van der Waals surface area contributed by atoms with Crippen LogP contribution in [0.1, 0.15) is 15.9 Å². The second-order valence-electron chi connectivity index (χ2n) is 5.43. The van der Waals surface area contributed by atoms with Gasteiger partial charge >= 0.3 is 0 Å². The van der Waals surface area contributed by atoms with Crippen LogP contribution < -0.4 is 16.0 Å². The van der Waals surface area contributed by atoms with Gasteiger partial charge in [-0.1, -0.05) is 12.1 Å². The lowest BCUT2D eigenvalue weighted by molar-refractivity contribution is 0.103. The van der Waals surface area contributed by atoms with Crippen molar-refractivity contribution in [3.63, 3.8) is 0 Å². The van der Waals surface area contributed by atoms with Crippen molar-refractivity contribution in [2.75, 3.05) is 12.8 Å². The van der Waals surface area contributed by atoms with Crippen LogP contribution in [0.2, 0.25) is 0 Å². The molecule has 2 N–H and O–H groups in total. The van der Waals surface area contributed by atoms with Crippen molar-refractivity contribution in [1.82, 2.24) is 4.57 Å². The van der Waals surface area contributed by atoms with E-state index in [1.165, 1.54) is 13.2 Å². The van der Waals surface area contributed by atoms with Gasteiger partial charge in [-0.15, -0.1) is 0 Å². The van der Waals surface area contributed by atoms with E-state index in [0.29, 0.717) is 17.5 Å². The van der Waals surface area contributed by atoms with Crippen molar-refractivity contribution in [1.29, 1.82) is 0 Å². The fraction of sp³-hybridized carbons (Fsp3) is 0.0526. The second kappa shape index (κ2) is 6.79. The van der Waals surface area contributed by atoms with Gasteiger partial charge in [0.15, 0.2) is 5.78 Å². The number of aromatic nitrogens is 1. The van der Waals surface area contributed by atoms with Gasteiger partial charge in [0, 0.05) is 12.1 Å². The van der Waals surface area contributed by atoms with Gasteiger partial charge in [-0.3, -0.25) is 14.2 Å². The molecule has 0 fully saturated rings. The molecule has 0 spiro atoms. The Bertz CT molecular complexity index is 1060.